The van der Waals surface area contributed by atoms with Crippen LogP contribution in [-0.4, -0.2) is 0 Å². The molecule has 3 heteroatoms. The lowest BCUT2D eigenvalue weighted by Gasteiger charge is -2.08. The van der Waals surface area contributed by atoms with Crippen LogP contribution in [0.1, 0.15) is 11.1 Å². The van der Waals surface area contributed by atoms with Gasteiger partial charge in [-0.05, 0) is 47.5 Å². The van der Waals surface area contributed by atoms with Crippen molar-refractivity contribution in [1.82, 2.24) is 0 Å². The Morgan fingerprint density at radius 1 is 0.810 bits per heavy atom. The van der Waals surface area contributed by atoms with Crippen molar-refractivity contribution in [3.05, 3.63) is 75.8 Å². The fourth-order valence-corrected chi connectivity index (χ4v) is 2.55. The van der Waals surface area contributed by atoms with Crippen molar-refractivity contribution in [1.29, 1.82) is 0 Å². The van der Waals surface area contributed by atoms with Gasteiger partial charge in [0.1, 0.15) is 12.4 Å². The third kappa shape index (κ3) is 3.31. The molecule has 0 aromatic heterocycles. The summed E-state index contributed by atoms with van der Waals surface area (Å²) in [5.74, 6) is 0.846. The highest BCUT2D eigenvalue weighted by Gasteiger charge is 2.02. The first-order valence-corrected chi connectivity index (χ1v) is 7.44. The van der Waals surface area contributed by atoms with E-state index in [4.69, 9.17) is 27.9 Å². The smallest absolute Gasteiger partial charge is 0.120 e. The zero-order valence-corrected chi connectivity index (χ0v) is 13.1. The Labute approximate surface area is 134 Å². The number of fused-ring (bicyclic) bond motifs is 1. The molecular formula is C18H14Cl2O. The first-order chi connectivity index (χ1) is 10.1. The summed E-state index contributed by atoms with van der Waals surface area (Å²) >= 11 is 11.9. The van der Waals surface area contributed by atoms with Gasteiger partial charge in [-0.3, -0.25) is 0 Å². The first kappa shape index (κ1) is 14.2. The normalized spacial score (nSPS) is 10.8. The number of benzene rings is 3. The number of ether oxygens (including phenoxy) is 1. The second-order valence-electron chi connectivity index (χ2n) is 5.05. The molecule has 0 aliphatic carbocycles. The van der Waals surface area contributed by atoms with Gasteiger partial charge < -0.3 is 4.74 Å². The van der Waals surface area contributed by atoms with E-state index in [9.17, 15) is 0 Å². The second kappa shape index (κ2) is 5.97. The number of rotatable bonds is 3. The summed E-state index contributed by atoms with van der Waals surface area (Å²) in [5, 5.41) is 3.50. The molecule has 0 amide bonds. The molecule has 3 aromatic rings. The highest BCUT2D eigenvalue weighted by molar-refractivity contribution is 6.42. The number of halogens is 2. The summed E-state index contributed by atoms with van der Waals surface area (Å²) in [5.41, 5.74) is 2.23. The maximum absolute atomic E-state index is 6.00. The van der Waals surface area contributed by atoms with Crippen LogP contribution in [0.15, 0.2) is 54.6 Å². The number of hydrogen-bond donors (Lipinski definition) is 0. The molecule has 106 valence electrons. The molecule has 0 aliphatic rings. The van der Waals surface area contributed by atoms with Gasteiger partial charge in [0.25, 0.3) is 0 Å². The molecule has 21 heavy (non-hydrogen) atoms. The Morgan fingerprint density at radius 3 is 2.43 bits per heavy atom. The summed E-state index contributed by atoms with van der Waals surface area (Å²) in [7, 11) is 0. The molecule has 0 saturated carbocycles. The largest absolute Gasteiger partial charge is 0.489 e. The van der Waals surface area contributed by atoms with Crippen LogP contribution in [0, 0.1) is 6.92 Å². The Morgan fingerprint density at radius 2 is 1.62 bits per heavy atom. The zero-order chi connectivity index (χ0) is 14.8. The predicted molar refractivity (Wildman–Crippen MR) is 89.5 cm³/mol. The van der Waals surface area contributed by atoms with Crippen molar-refractivity contribution in [2.45, 2.75) is 13.5 Å². The van der Waals surface area contributed by atoms with E-state index in [1.807, 2.05) is 18.2 Å². The minimum Gasteiger partial charge on any atom is -0.489 e. The third-order valence-corrected chi connectivity index (χ3v) is 4.10. The quantitative estimate of drug-likeness (QED) is 0.573. The SMILES string of the molecule is Cc1ccc2ccc(OCc3ccc(Cl)c(Cl)c3)cc2c1. The molecule has 0 N–H and O–H groups in total. The zero-order valence-electron chi connectivity index (χ0n) is 11.6. The van der Waals surface area contributed by atoms with Crippen molar-refractivity contribution >= 4 is 34.0 Å². The average Bonchev–Trinajstić information content (AvgIpc) is 2.48. The fourth-order valence-electron chi connectivity index (χ4n) is 2.23. The Kier molecular flexibility index (Phi) is 4.05. The van der Waals surface area contributed by atoms with E-state index >= 15 is 0 Å². The molecule has 0 fully saturated rings. The maximum atomic E-state index is 6.00. The van der Waals surface area contributed by atoms with E-state index in [2.05, 4.69) is 37.3 Å². The summed E-state index contributed by atoms with van der Waals surface area (Å²) in [6.07, 6.45) is 0. The summed E-state index contributed by atoms with van der Waals surface area (Å²) in [6, 6.07) is 18.0. The van der Waals surface area contributed by atoms with Crippen LogP contribution in [0.3, 0.4) is 0 Å². The van der Waals surface area contributed by atoms with E-state index in [1.54, 1.807) is 6.07 Å². The van der Waals surface area contributed by atoms with Crippen molar-refractivity contribution in [3.8, 4) is 5.75 Å². The first-order valence-electron chi connectivity index (χ1n) is 6.69. The molecule has 0 atom stereocenters. The lowest BCUT2D eigenvalue weighted by atomic mass is 10.1. The van der Waals surface area contributed by atoms with Crippen molar-refractivity contribution < 1.29 is 4.74 Å². The van der Waals surface area contributed by atoms with Gasteiger partial charge in [-0.1, -0.05) is 59.1 Å². The molecular weight excluding hydrogens is 303 g/mol. The van der Waals surface area contributed by atoms with Crippen LogP contribution in [0.4, 0.5) is 0 Å². The topological polar surface area (TPSA) is 9.23 Å². The van der Waals surface area contributed by atoms with Crippen LogP contribution in [-0.2, 0) is 6.61 Å². The molecule has 1 nitrogen and oxygen atoms in total. The fraction of sp³-hybridized carbons (Fsp3) is 0.111. The maximum Gasteiger partial charge on any atom is 0.120 e. The molecule has 0 unspecified atom stereocenters. The van der Waals surface area contributed by atoms with Crippen molar-refractivity contribution in [2.24, 2.45) is 0 Å². The van der Waals surface area contributed by atoms with E-state index < -0.39 is 0 Å². The third-order valence-electron chi connectivity index (χ3n) is 3.36. The molecule has 3 rings (SSSR count). The molecule has 0 saturated heterocycles. The minimum absolute atomic E-state index is 0.466. The Bertz CT molecular complexity index is 796. The monoisotopic (exact) mass is 316 g/mol. The van der Waals surface area contributed by atoms with E-state index in [1.165, 1.54) is 16.3 Å². The molecule has 0 aliphatic heterocycles. The van der Waals surface area contributed by atoms with Crippen LogP contribution in [0.2, 0.25) is 10.0 Å². The summed E-state index contributed by atoms with van der Waals surface area (Å²) in [4.78, 5) is 0. The van der Waals surface area contributed by atoms with Crippen LogP contribution >= 0.6 is 23.2 Å². The Hall–Kier alpha value is -1.70. The van der Waals surface area contributed by atoms with Gasteiger partial charge in [0, 0.05) is 0 Å². The second-order valence-corrected chi connectivity index (χ2v) is 5.86. The Balaban J connectivity index is 1.79. The van der Waals surface area contributed by atoms with E-state index in [-0.39, 0.29) is 0 Å². The van der Waals surface area contributed by atoms with Crippen LogP contribution in [0.5, 0.6) is 5.75 Å². The number of aryl methyl sites for hydroxylation is 1. The van der Waals surface area contributed by atoms with Gasteiger partial charge in [0.05, 0.1) is 10.0 Å². The van der Waals surface area contributed by atoms with Gasteiger partial charge in [-0.25, -0.2) is 0 Å². The van der Waals surface area contributed by atoms with E-state index in [0.29, 0.717) is 16.7 Å². The van der Waals surface area contributed by atoms with Gasteiger partial charge in [-0.2, -0.15) is 0 Å². The lowest BCUT2D eigenvalue weighted by Crippen LogP contribution is -1.95. The lowest BCUT2D eigenvalue weighted by molar-refractivity contribution is 0.306. The molecule has 3 aromatic carbocycles. The summed E-state index contributed by atoms with van der Waals surface area (Å²) in [6.45, 7) is 2.55. The van der Waals surface area contributed by atoms with Gasteiger partial charge in [0.2, 0.25) is 0 Å². The summed E-state index contributed by atoms with van der Waals surface area (Å²) < 4.78 is 5.83. The standard InChI is InChI=1S/C18H14Cl2O/c1-12-2-4-14-5-6-16(10-15(14)8-12)21-11-13-3-7-17(19)18(20)9-13/h2-10H,11H2,1H3. The van der Waals surface area contributed by atoms with Gasteiger partial charge in [0.15, 0.2) is 0 Å². The van der Waals surface area contributed by atoms with Gasteiger partial charge in [-0.15, -0.1) is 0 Å². The molecule has 0 bridgehead atoms. The van der Waals surface area contributed by atoms with Gasteiger partial charge >= 0.3 is 0 Å². The average molecular weight is 317 g/mol. The highest BCUT2D eigenvalue weighted by atomic mass is 35.5. The highest BCUT2D eigenvalue weighted by Crippen LogP contribution is 2.25. The number of hydrogen-bond acceptors (Lipinski definition) is 1. The minimum atomic E-state index is 0.466. The molecule has 0 spiro atoms. The van der Waals surface area contributed by atoms with E-state index in [0.717, 1.165) is 11.3 Å². The predicted octanol–water partition coefficient (Wildman–Crippen LogP) is 6.03. The van der Waals surface area contributed by atoms with Crippen molar-refractivity contribution in [2.75, 3.05) is 0 Å². The van der Waals surface area contributed by atoms with Crippen molar-refractivity contribution in [3.63, 3.8) is 0 Å². The molecule has 0 heterocycles. The molecule has 0 radical (unpaired) electrons. The van der Waals surface area contributed by atoms with Crippen LogP contribution < -0.4 is 4.74 Å². The van der Waals surface area contributed by atoms with Crippen LogP contribution in [0.25, 0.3) is 10.8 Å².